The first-order chi connectivity index (χ1) is 12.5. The van der Waals surface area contributed by atoms with E-state index in [0.29, 0.717) is 17.3 Å². The van der Waals surface area contributed by atoms with Crippen molar-refractivity contribution < 1.29 is 19.1 Å². The molecular formula is C19H21ClN2O4. The molecule has 0 atom stereocenters. The van der Waals surface area contributed by atoms with Crippen LogP contribution in [0.3, 0.4) is 0 Å². The third-order valence-electron chi connectivity index (χ3n) is 3.57. The molecule has 0 spiro atoms. The van der Waals surface area contributed by atoms with Crippen LogP contribution >= 0.6 is 11.6 Å². The maximum atomic E-state index is 11.8. The highest BCUT2D eigenvalue weighted by Gasteiger charge is 2.07. The minimum absolute atomic E-state index is 0.196. The standard InChI is InChI=1S/C19H21ClN2O4/c1-13-3-6-15(9-17(13)20)22-19(24)12-26-11-18(23)21-10-14-4-7-16(25-2)8-5-14/h3-9H,10-12H2,1-2H3,(H,21,23)(H,22,24). The number of amides is 2. The first-order valence-electron chi connectivity index (χ1n) is 8.01. The van der Waals surface area contributed by atoms with Crippen LogP contribution in [0.2, 0.25) is 5.02 Å². The number of rotatable bonds is 8. The molecular weight excluding hydrogens is 356 g/mol. The predicted molar refractivity (Wildman–Crippen MR) is 100 cm³/mol. The molecule has 0 saturated heterocycles. The average molecular weight is 377 g/mol. The fourth-order valence-corrected chi connectivity index (χ4v) is 2.28. The highest BCUT2D eigenvalue weighted by molar-refractivity contribution is 6.31. The summed E-state index contributed by atoms with van der Waals surface area (Å²) in [7, 11) is 1.59. The van der Waals surface area contributed by atoms with Crippen molar-refractivity contribution in [1.29, 1.82) is 0 Å². The second-order valence-corrected chi connectivity index (χ2v) is 6.04. The zero-order valence-electron chi connectivity index (χ0n) is 14.7. The van der Waals surface area contributed by atoms with Crippen LogP contribution in [0.25, 0.3) is 0 Å². The lowest BCUT2D eigenvalue weighted by molar-refractivity contribution is -0.128. The number of ether oxygens (including phenoxy) is 2. The average Bonchev–Trinajstić information content (AvgIpc) is 2.63. The molecule has 6 nitrogen and oxygen atoms in total. The third-order valence-corrected chi connectivity index (χ3v) is 3.98. The molecule has 7 heteroatoms. The van der Waals surface area contributed by atoms with Crippen LogP contribution in [-0.4, -0.2) is 32.1 Å². The molecule has 0 heterocycles. The number of anilines is 1. The molecule has 2 rings (SSSR count). The number of benzene rings is 2. The molecule has 0 bridgehead atoms. The summed E-state index contributed by atoms with van der Waals surface area (Å²) in [4.78, 5) is 23.6. The second-order valence-electron chi connectivity index (χ2n) is 5.63. The summed E-state index contributed by atoms with van der Waals surface area (Å²) in [6, 6.07) is 12.6. The van der Waals surface area contributed by atoms with Crippen molar-refractivity contribution in [3.05, 3.63) is 58.6 Å². The van der Waals surface area contributed by atoms with Crippen molar-refractivity contribution in [1.82, 2.24) is 5.32 Å². The second kappa shape index (κ2) is 9.79. The lowest BCUT2D eigenvalue weighted by Gasteiger charge is -2.08. The number of hydrogen-bond donors (Lipinski definition) is 2. The first-order valence-corrected chi connectivity index (χ1v) is 8.39. The monoisotopic (exact) mass is 376 g/mol. The Labute approximate surface area is 157 Å². The van der Waals surface area contributed by atoms with E-state index in [-0.39, 0.29) is 25.0 Å². The topological polar surface area (TPSA) is 76.7 Å². The van der Waals surface area contributed by atoms with E-state index in [1.807, 2.05) is 37.3 Å². The van der Waals surface area contributed by atoms with E-state index in [4.69, 9.17) is 21.1 Å². The fourth-order valence-electron chi connectivity index (χ4n) is 2.10. The van der Waals surface area contributed by atoms with Gasteiger partial charge in [0.2, 0.25) is 11.8 Å². The van der Waals surface area contributed by atoms with E-state index in [0.717, 1.165) is 16.9 Å². The van der Waals surface area contributed by atoms with Crippen molar-refractivity contribution in [2.24, 2.45) is 0 Å². The van der Waals surface area contributed by atoms with Crippen LogP contribution < -0.4 is 15.4 Å². The van der Waals surface area contributed by atoms with Gasteiger partial charge in [0.05, 0.1) is 7.11 Å². The molecule has 2 N–H and O–H groups in total. The number of halogens is 1. The van der Waals surface area contributed by atoms with Crippen LogP contribution in [-0.2, 0) is 20.9 Å². The van der Waals surface area contributed by atoms with E-state index >= 15 is 0 Å². The van der Waals surface area contributed by atoms with Crippen LogP contribution in [0.4, 0.5) is 5.69 Å². The van der Waals surface area contributed by atoms with Gasteiger partial charge >= 0.3 is 0 Å². The van der Waals surface area contributed by atoms with E-state index < -0.39 is 0 Å². The highest BCUT2D eigenvalue weighted by atomic mass is 35.5. The molecule has 2 aromatic carbocycles. The fraction of sp³-hybridized carbons (Fsp3) is 0.263. The Morgan fingerprint density at radius 3 is 2.38 bits per heavy atom. The van der Waals surface area contributed by atoms with Crippen LogP contribution in [0, 0.1) is 6.92 Å². The molecule has 2 aromatic rings. The molecule has 0 unspecified atom stereocenters. The van der Waals surface area contributed by atoms with Crippen LogP contribution in [0.5, 0.6) is 5.75 Å². The lowest BCUT2D eigenvalue weighted by atomic mass is 10.2. The molecule has 0 aromatic heterocycles. The molecule has 0 aliphatic carbocycles. The Hall–Kier alpha value is -2.57. The molecule has 26 heavy (non-hydrogen) atoms. The molecule has 0 aliphatic rings. The maximum Gasteiger partial charge on any atom is 0.250 e. The van der Waals surface area contributed by atoms with Gasteiger partial charge < -0.3 is 20.1 Å². The van der Waals surface area contributed by atoms with Crippen molar-refractivity contribution >= 4 is 29.1 Å². The van der Waals surface area contributed by atoms with E-state index in [9.17, 15) is 9.59 Å². The summed E-state index contributed by atoms with van der Waals surface area (Å²) >= 11 is 6.00. The Balaban J connectivity index is 1.66. The molecule has 0 aliphatic heterocycles. The Morgan fingerprint density at radius 2 is 1.73 bits per heavy atom. The van der Waals surface area contributed by atoms with Gasteiger partial charge in [0.25, 0.3) is 0 Å². The molecule has 0 saturated carbocycles. The summed E-state index contributed by atoms with van der Waals surface area (Å²) in [5.41, 5.74) is 2.45. The Morgan fingerprint density at radius 1 is 1.04 bits per heavy atom. The first kappa shape index (κ1) is 19.8. The Bertz CT molecular complexity index is 763. The molecule has 0 fully saturated rings. The maximum absolute atomic E-state index is 11.8. The van der Waals surface area contributed by atoms with Crippen molar-refractivity contribution in [2.45, 2.75) is 13.5 Å². The number of carbonyl (C=O) groups is 2. The van der Waals surface area contributed by atoms with E-state index in [1.165, 1.54) is 0 Å². The van der Waals surface area contributed by atoms with Crippen molar-refractivity contribution in [3.8, 4) is 5.75 Å². The van der Waals surface area contributed by atoms with E-state index in [1.54, 1.807) is 19.2 Å². The van der Waals surface area contributed by atoms with Crippen LogP contribution in [0.15, 0.2) is 42.5 Å². The van der Waals surface area contributed by atoms with Gasteiger partial charge in [-0.05, 0) is 42.3 Å². The van der Waals surface area contributed by atoms with Gasteiger partial charge in [-0.1, -0.05) is 29.8 Å². The molecule has 0 radical (unpaired) electrons. The van der Waals surface area contributed by atoms with Gasteiger partial charge in [-0.25, -0.2) is 0 Å². The lowest BCUT2D eigenvalue weighted by Crippen LogP contribution is -2.29. The smallest absolute Gasteiger partial charge is 0.250 e. The van der Waals surface area contributed by atoms with E-state index in [2.05, 4.69) is 10.6 Å². The van der Waals surface area contributed by atoms with Gasteiger partial charge in [-0.15, -0.1) is 0 Å². The van der Waals surface area contributed by atoms with Crippen molar-refractivity contribution in [2.75, 3.05) is 25.6 Å². The van der Waals surface area contributed by atoms with Gasteiger partial charge in [-0.2, -0.15) is 0 Å². The number of carbonyl (C=O) groups excluding carboxylic acids is 2. The largest absolute Gasteiger partial charge is 0.497 e. The molecule has 2 amide bonds. The summed E-state index contributed by atoms with van der Waals surface area (Å²) in [6.07, 6.45) is 0. The van der Waals surface area contributed by atoms with Gasteiger partial charge in [0.1, 0.15) is 19.0 Å². The zero-order chi connectivity index (χ0) is 18.9. The van der Waals surface area contributed by atoms with Gasteiger partial charge in [0, 0.05) is 17.3 Å². The minimum Gasteiger partial charge on any atom is -0.497 e. The number of hydrogen-bond acceptors (Lipinski definition) is 4. The summed E-state index contributed by atoms with van der Waals surface area (Å²) in [5.74, 6) is 0.101. The number of methoxy groups -OCH3 is 1. The van der Waals surface area contributed by atoms with Crippen LogP contribution in [0.1, 0.15) is 11.1 Å². The Kier molecular flexibility index (Phi) is 7.44. The van der Waals surface area contributed by atoms with Crippen molar-refractivity contribution in [3.63, 3.8) is 0 Å². The number of aryl methyl sites for hydroxylation is 1. The van der Waals surface area contributed by atoms with Gasteiger partial charge in [-0.3, -0.25) is 9.59 Å². The quantitative estimate of drug-likeness (QED) is 0.742. The van der Waals surface area contributed by atoms with Gasteiger partial charge in [0.15, 0.2) is 0 Å². The highest BCUT2D eigenvalue weighted by Crippen LogP contribution is 2.19. The molecule has 138 valence electrons. The predicted octanol–water partition coefficient (Wildman–Crippen LogP) is 2.93. The summed E-state index contributed by atoms with van der Waals surface area (Å²) in [5, 5.41) is 5.95. The third kappa shape index (κ3) is 6.38. The SMILES string of the molecule is COc1ccc(CNC(=O)COCC(=O)Nc2ccc(C)c(Cl)c2)cc1. The zero-order valence-corrected chi connectivity index (χ0v) is 15.4. The summed E-state index contributed by atoms with van der Waals surface area (Å²) in [6.45, 7) is 1.83. The summed E-state index contributed by atoms with van der Waals surface area (Å²) < 4.78 is 10.2. The number of nitrogens with one attached hydrogen (secondary N) is 2. The minimum atomic E-state index is -0.354. The normalized spacial score (nSPS) is 10.3.